The summed E-state index contributed by atoms with van der Waals surface area (Å²) in [6.07, 6.45) is 5.25. The second-order valence-corrected chi connectivity index (χ2v) is 7.58. The summed E-state index contributed by atoms with van der Waals surface area (Å²) in [5, 5.41) is 7.04. The maximum absolute atomic E-state index is 5.99. The largest absolute Gasteiger partial charge is 0.491 e. The van der Waals surface area contributed by atoms with Crippen molar-refractivity contribution in [2.24, 2.45) is 0 Å². The first kappa shape index (κ1) is 19.5. The first-order chi connectivity index (χ1) is 13.1. The Kier molecular flexibility index (Phi) is 6.93. The molecule has 0 unspecified atom stereocenters. The number of nitrogens with one attached hydrogen (secondary N) is 2. The summed E-state index contributed by atoms with van der Waals surface area (Å²) < 4.78 is 11.8. The van der Waals surface area contributed by atoms with Gasteiger partial charge in [-0.15, -0.1) is 0 Å². The van der Waals surface area contributed by atoms with Crippen LogP contribution in [0.1, 0.15) is 38.2 Å². The summed E-state index contributed by atoms with van der Waals surface area (Å²) in [6, 6.07) is 16.1. The number of rotatable bonds is 7. The van der Waals surface area contributed by atoms with Crippen molar-refractivity contribution >= 4 is 23.0 Å². The lowest BCUT2D eigenvalue weighted by atomic mass is 10.2. The minimum atomic E-state index is 0.0938. The predicted molar refractivity (Wildman–Crippen MR) is 115 cm³/mol. The van der Waals surface area contributed by atoms with Crippen LogP contribution in [0, 0.1) is 6.92 Å². The van der Waals surface area contributed by atoms with Gasteiger partial charge >= 0.3 is 0 Å². The van der Waals surface area contributed by atoms with E-state index in [0.29, 0.717) is 17.8 Å². The van der Waals surface area contributed by atoms with Crippen molar-refractivity contribution < 1.29 is 9.47 Å². The summed E-state index contributed by atoms with van der Waals surface area (Å²) in [5.41, 5.74) is 2.16. The smallest absolute Gasteiger partial charge is 0.171 e. The number of hydrogen-bond donors (Lipinski definition) is 2. The lowest BCUT2D eigenvalue weighted by Crippen LogP contribution is -2.39. The van der Waals surface area contributed by atoms with Crippen LogP contribution in [0.2, 0.25) is 0 Å². The Morgan fingerprint density at radius 2 is 1.67 bits per heavy atom. The molecule has 1 saturated carbocycles. The number of anilines is 1. The molecule has 0 aliphatic heterocycles. The lowest BCUT2D eigenvalue weighted by molar-refractivity contribution is 0.210. The Balaban J connectivity index is 1.40. The van der Waals surface area contributed by atoms with Gasteiger partial charge in [-0.3, -0.25) is 0 Å². The van der Waals surface area contributed by atoms with E-state index >= 15 is 0 Å². The van der Waals surface area contributed by atoms with Crippen LogP contribution in [0.4, 0.5) is 5.69 Å². The molecule has 0 bridgehead atoms. The van der Waals surface area contributed by atoms with Gasteiger partial charge < -0.3 is 20.1 Å². The fourth-order valence-electron chi connectivity index (χ4n) is 3.10. The third kappa shape index (κ3) is 6.43. The van der Waals surface area contributed by atoms with E-state index < -0.39 is 0 Å². The third-order valence-electron chi connectivity index (χ3n) is 4.62. The van der Waals surface area contributed by atoms with Gasteiger partial charge in [-0.2, -0.15) is 0 Å². The second-order valence-electron chi connectivity index (χ2n) is 7.17. The van der Waals surface area contributed by atoms with Crippen molar-refractivity contribution in [3.8, 4) is 11.5 Å². The molecule has 144 valence electrons. The van der Waals surface area contributed by atoms with Gasteiger partial charge in [0.1, 0.15) is 18.1 Å². The zero-order chi connectivity index (χ0) is 19.1. The van der Waals surface area contributed by atoms with E-state index in [0.717, 1.165) is 30.0 Å². The summed E-state index contributed by atoms with van der Waals surface area (Å²) in [4.78, 5) is 0. The van der Waals surface area contributed by atoms with E-state index in [2.05, 4.69) is 17.6 Å². The molecule has 1 atom stereocenters. The van der Waals surface area contributed by atoms with E-state index in [1.165, 1.54) is 18.4 Å². The van der Waals surface area contributed by atoms with Crippen LogP contribution < -0.4 is 20.1 Å². The highest BCUT2D eigenvalue weighted by Crippen LogP contribution is 2.25. The molecule has 1 aliphatic carbocycles. The molecule has 5 heteroatoms. The van der Waals surface area contributed by atoms with Gasteiger partial charge in [0.2, 0.25) is 0 Å². The Morgan fingerprint density at radius 1 is 1.04 bits per heavy atom. The average Bonchev–Trinajstić information content (AvgIpc) is 3.16. The van der Waals surface area contributed by atoms with Crippen molar-refractivity contribution in [2.45, 2.75) is 51.7 Å². The number of hydrogen-bond acceptors (Lipinski definition) is 3. The molecule has 0 heterocycles. The first-order valence-corrected chi connectivity index (χ1v) is 10.0. The molecule has 27 heavy (non-hydrogen) atoms. The molecule has 0 amide bonds. The molecule has 3 rings (SSSR count). The molecule has 4 nitrogen and oxygen atoms in total. The monoisotopic (exact) mass is 384 g/mol. The normalized spacial score (nSPS) is 15.2. The van der Waals surface area contributed by atoms with E-state index in [9.17, 15) is 0 Å². The highest BCUT2D eigenvalue weighted by Gasteiger charge is 2.16. The molecule has 2 N–H and O–H groups in total. The molecule has 0 saturated heterocycles. The molecule has 1 aliphatic rings. The predicted octanol–water partition coefficient (Wildman–Crippen LogP) is 5.07. The van der Waals surface area contributed by atoms with Crippen LogP contribution >= 0.6 is 12.2 Å². The Bertz CT molecular complexity index is 725. The fourth-order valence-corrected chi connectivity index (χ4v) is 3.42. The van der Waals surface area contributed by atoms with Gasteiger partial charge in [-0.05, 0) is 88.1 Å². The molecule has 0 aromatic heterocycles. The van der Waals surface area contributed by atoms with Gasteiger partial charge in [0.05, 0.1) is 12.1 Å². The molecule has 0 radical (unpaired) electrons. The van der Waals surface area contributed by atoms with Crippen LogP contribution in [-0.4, -0.2) is 23.9 Å². The van der Waals surface area contributed by atoms with Crippen molar-refractivity contribution in [1.82, 2.24) is 5.32 Å². The Morgan fingerprint density at radius 3 is 2.33 bits per heavy atom. The lowest BCUT2D eigenvalue weighted by Gasteiger charge is -2.18. The molecule has 1 fully saturated rings. The van der Waals surface area contributed by atoms with Crippen molar-refractivity contribution in [3.05, 3.63) is 54.1 Å². The fraction of sp³-hybridized carbons (Fsp3) is 0.409. The van der Waals surface area contributed by atoms with Crippen molar-refractivity contribution in [1.29, 1.82) is 0 Å². The minimum absolute atomic E-state index is 0.0938. The van der Waals surface area contributed by atoms with Gasteiger partial charge in [0.25, 0.3) is 0 Å². The van der Waals surface area contributed by atoms with Crippen LogP contribution in [0.25, 0.3) is 0 Å². The topological polar surface area (TPSA) is 42.5 Å². The summed E-state index contributed by atoms with van der Waals surface area (Å²) >= 11 is 5.40. The maximum atomic E-state index is 5.99. The highest BCUT2D eigenvalue weighted by molar-refractivity contribution is 7.80. The quantitative estimate of drug-likeness (QED) is 0.653. The summed E-state index contributed by atoms with van der Waals surface area (Å²) in [6.45, 7) is 4.64. The van der Waals surface area contributed by atoms with Crippen LogP contribution in [0.5, 0.6) is 11.5 Å². The van der Waals surface area contributed by atoms with Crippen LogP contribution in [0.15, 0.2) is 48.5 Å². The SMILES string of the molecule is Cc1ccc(OC[C@@H](C)NC(=S)Nc2ccc(OC3CCCC3)cc2)cc1. The minimum Gasteiger partial charge on any atom is -0.491 e. The Hall–Kier alpha value is -2.27. The van der Waals surface area contributed by atoms with Gasteiger partial charge in [0, 0.05) is 5.69 Å². The van der Waals surface area contributed by atoms with E-state index in [1.807, 2.05) is 55.5 Å². The molecular formula is C22H28N2O2S. The molecule has 2 aromatic carbocycles. The zero-order valence-electron chi connectivity index (χ0n) is 16.0. The van der Waals surface area contributed by atoms with Crippen LogP contribution in [0.3, 0.4) is 0 Å². The van der Waals surface area contributed by atoms with E-state index in [4.69, 9.17) is 21.7 Å². The maximum Gasteiger partial charge on any atom is 0.171 e. The number of ether oxygens (including phenoxy) is 2. The highest BCUT2D eigenvalue weighted by atomic mass is 32.1. The standard InChI is InChI=1S/C22H28N2O2S/c1-16-7-11-19(12-8-16)25-15-17(2)23-22(27)24-18-9-13-21(14-10-18)26-20-5-3-4-6-20/h7-14,17,20H,3-6,15H2,1-2H3,(H2,23,24,27)/t17-/m1/s1. The first-order valence-electron chi connectivity index (χ1n) is 9.62. The van der Waals surface area contributed by atoms with E-state index in [-0.39, 0.29) is 6.04 Å². The molecular weight excluding hydrogens is 356 g/mol. The number of thiocarbonyl (C=S) groups is 1. The Labute approximate surface area is 167 Å². The second kappa shape index (κ2) is 9.60. The molecule has 0 spiro atoms. The number of aryl methyl sites for hydroxylation is 1. The van der Waals surface area contributed by atoms with Crippen molar-refractivity contribution in [2.75, 3.05) is 11.9 Å². The summed E-state index contributed by atoms with van der Waals surface area (Å²) in [7, 11) is 0. The van der Waals surface area contributed by atoms with Gasteiger partial charge in [-0.25, -0.2) is 0 Å². The third-order valence-corrected chi connectivity index (χ3v) is 4.84. The average molecular weight is 385 g/mol. The zero-order valence-corrected chi connectivity index (χ0v) is 16.9. The van der Waals surface area contributed by atoms with Crippen molar-refractivity contribution in [3.63, 3.8) is 0 Å². The molecule has 2 aromatic rings. The van der Waals surface area contributed by atoms with Crippen LogP contribution in [-0.2, 0) is 0 Å². The van der Waals surface area contributed by atoms with Gasteiger partial charge in [0.15, 0.2) is 5.11 Å². The summed E-state index contributed by atoms with van der Waals surface area (Å²) in [5.74, 6) is 1.79. The van der Waals surface area contributed by atoms with Gasteiger partial charge in [-0.1, -0.05) is 17.7 Å². The van der Waals surface area contributed by atoms with E-state index in [1.54, 1.807) is 0 Å². The number of benzene rings is 2.